The van der Waals surface area contributed by atoms with Crippen molar-refractivity contribution in [1.82, 2.24) is 0 Å². The maximum absolute atomic E-state index is 9.37. The molecule has 0 amide bonds. The molecular formula is HClKLiO9S2. The van der Waals surface area contributed by atoms with Gasteiger partial charge in [0.05, 0.1) is 11.9 Å². The van der Waals surface area contributed by atoms with Crippen molar-refractivity contribution in [3.05, 3.63) is 0 Å². The Morgan fingerprint density at radius 2 is 1.07 bits per heavy atom. The van der Waals surface area contributed by atoms with Gasteiger partial charge in [-0.1, -0.05) is 0 Å². The van der Waals surface area contributed by atoms with Crippen LogP contribution in [0.1, 0.15) is 0 Å². The molecule has 0 saturated carbocycles. The maximum atomic E-state index is 9.37. The molecule has 76 valence electrons. The summed E-state index contributed by atoms with van der Waals surface area (Å²) >= 11 is 3.64. The van der Waals surface area contributed by atoms with Gasteiger partial charge in [0, 0.05) is 0 Å². The molecule has 0 unspecified atom stereocenters. The van der Waals surface area contributed by atoms with E-state index in [0.717, 1.165) is 0 Å². The molecule has 0 heterocycles. The van der Waals surface area contributed by atoms with Gasteiger partial charge in [-0.3, -0.25) is 4.66 Å². The van der Waals surface area contributed by atoms with Gasteiger partial charge in [0.1, 0.15) is 0 Å². The van der Waals surface area contributed by atoms with Gasteiger partial charge in [-0.05, 0) is 0 Å². The molecule has 0 aromatic rings. The molecule has 0 aromatic carbocycles. The Morgan fingerprint density at radius 1 is 0.929 bits per heavy atom. The zero-order chi connectivity index (χ0) is 10.4. The summed E-state index contributed by atoms with van der Waals surface area (Å²) in [5.41, 5.74) is 0. The fraction of sp³-hybridized carbons (Fsp3) is 0. The van der Waals surface area contributed by atoms with Gasteiger partial charge in [0.25, 0.3) is 0 Å². The molecule has 0 aliphatic heterocycles. The Hall–Kier alpha value is 2.22. The second kappa shape index (κ2) is 11.7. The molecule has 0 aliphatic rings. The van der Waals surface area contributed by atoms with E-state index in [9.17, 15) is 25.9 Å². The van der Waals surface area contributed by atoms with Gasteiger partial charge in [-0.25, -0.2) is 16.8 Å². The average Bonchev–Trinajstić information content (AvgIpc) is 1.86. The molecule has 0 aliphatic carbocycles. The van der Waals surface area contributed by atoms with E-state index >= 15 is 0 Å². The molecule has 0 atom stereocenters. The molecular weight excluding hydrogens is 290 g/mol. The van der Waals surface area contributed by atoms with Gasteiger partial charge in [0.2, 0.25) is 20.8 Å². The minimum absolute atomic E-state index is 0. The second-order valence-corrected chi connectivity index (χ2v) is 2.86. The second-order valence-electron chi connectivity index (χ2n) is 0.953. The van der Waals surface area contributed by atoms with Crippen molar-refractivity contribution >= 4 is 32.7 Å². The Kier molecular flexibility index (Phi) is 21.0. The third-order valence-electron chi connectivity index (χ3n) is 0.194. The minimum Gasteiger partial charge on any atom is -0.724 e. The summed E-state index contributed by atoms with van der Waals surface area (Å²) in [5.74, 6) is 0. The molecule has 1 N–H and O–H groups in total. The van der Waals surface area contributed by atoms with Crippen LogP contribution in [0, 0.1) is 0 Å². The van der Waals surface area contributed by atoms with E-state index in [0.29, 0.717) is 0 Å². The number of hydrogen-bond acceptors (Lipinski definition) is 9. The van der Waals surface area contributed by atoms with E-state index in [4.69, 9.17) is 4.66 Å². The number of rotatable bonds is 3. The summed E-state index contributed by atoms with van der Waals surface area (Å²) in [5, 5.41) is 0. The van der Waals surface area contributed by atoms with E-state index in [2.05, 4.69) is 20.5 Å². The van der Waals surface area contributed by atoms with E-state index in [1.54, 1.807) is 0 Å². The summed E-state index contributed by atoms with van der Waals surface area (Å²) in [4.78, 5) is 0. The van der Waals surface area contributed by atoms with Crippen LogP contribution in [0.25, 0.3) is 0 Å². The Morgan fingerprint density at radius 3 is 1.14 bits per heavy atom. The zero-order valence-corrected chi connectivity index (χ0v) is 12.4. The first-order valence-corrected chi connectivity index (χ1v) is 4.67. The first-order chi connectivity index (χ1) is 5.21. The number of halogens is 1. The van der Waals surface area contributed by atoms with Crippen LogP contribution in [0.3, 0.4) is 0 Å². The molecule has 0 aromatic heterocycles. The largest absolute Gasteiger partial charge is 1.00 e. The van der Waals surface area contributed by atoms with E-state index in [-0.39, 0.29) is 70.2 Å². The summed E-state index contributed by atoms with van der Waals surface area (Å²) in [7, 11) is -10.6. The van der Waals surface area contributed by atoms with Gasteiger partial charge < -0.3 is 9.11 Å². The quantitative estimate of drug-likeness (QED) is 0.175. The summed E-state index contributed by atoms with van der Waals surface area (Å²) in [6, 6.07) is 0. The third-order valence-corrected chi connectivity index (χ3v) is 0.750. The summed E-state index contributed by atoms with van der Waals surface area (Å²) in [6.07, 6.45) is 0. The van der Waals surface area contributed by atoms with Crippen molar-refractivity contribution in [3.63, 3.8) is 0 Å². The van der Waals surface area contributed by atoms with Crippen LogP contribution >= 0.6 is 11.9 Å². The van der Waals surface area contributed by atoms with Crippen molar-refractivity contribution < 1.29 is 110 Å². The maximum Gasteiger partial charge on any atom is 1.00 e. The standard InChI is InChI=1S/ClHO.K.Li.H2O8S2/c1-2;;;1-9(2,3)7-8-10(4,5)6/h2H;;;(H,1,2,3)(H,4,5,6)/q;2*+1;/p-2. The van der Waals surface area contributed by atoms with Crippen molar-refractivity contribution in [2.45, 2.75) is 0 Å². The Balaban J connectivity index is -0.000000117. The normalized spacial score (nSPS) is 10.0. The van der Waals surface area contributed by atoms with Crippen LogP contribution in [0.15, 0.2) is 0 Å². The fourth-order valence-corrected chi connectivity index (χ4v) is 0.612. The predicted molar refractivity (Wildman–Crippen MR) is 29.6 cm³/mol. The molecule has 0 radical (unpaired) electrons. The topological polar surface area (TPSA) is 153 Å². The monoisotopic (exact) mass is 290 g/mol. The van der Waals surface area contributed by atoms with Crippen molar-refractivity contribution in [2.75, 3.05) is 0 Å². The first kappa shape index (κ1) is 25.2. The van der Waals surface area contributed by atoms with Crippen LogP contribution < -0.4 is 70.2 Å². The Bertz CT molecular complexity index is 259. The van der Waals surface area contributed by atoms with Crippen LogP contribution in [0.2, 0.25) is 0 Å². The van der Waals surface area contributed by atoms with Crippen LogP contribution in [0.5, 0.6) is 0 Å². The van der Waals surface area contributed by atoms with Gasteiger partial charge in [0.15, 0.2) is 0 Å². The molecule has 14 heavy (non-hydrogen) atoms. The van der Waals surface area contributed by atoms with Gasteiger partial charge >= 0.3 is 70.2 Å². The van der Waals surface area contributed by atoms with Gasteiger partial charge in [-0.15, -0.1) is 8.67 Å². The van der Waals surface area contributed by atoms with E-state index in [1.807, 2.05) is 0 Å². The smallest absolute Gasteiger partial charge is 0.724 e. The van der Waals surface area contributed by atoms with Crippen molar-refractivity contribution in [2.24, 2.45) is 0 Å². The van der Waals surface area contributed by atoms with Crippen LogP contribution in [-0.2, 0) is 29.5 Å². The van der Waals surface area contributed by atoms with E-state index in [1.165, 1.54) is 0 Å². The third kappa shape index (κ3) is 29.2. The SMILES string of the molecule is O=S(=O)([O-])OOS(=O)(=O)[O-].OCl.[K+].[Li+]. The number of hydrogen-bond donors (Lipinski definition) is 1. The fourth-order valence-electron chi connectivity index (χ4n) is 0.0680. The molecule has 14 heteroatoms. The van der Waals surface area contributed by atoms with Gasteiger partial charge in [-0.2, -0.15) is 0 Å². The molecule has 0 rings (SSSR count). The minimum atomic E-state index is -5.31. The van der Waals surface area contributed by atoms with Crippen molar-refractivity contribution in [1.29, 1.82) is 0 Å². The molecule has 0 bridgehead atoms. The van der Waals surface area contributed by atoms with Crippen LogP contribution in [-0.4, -0.2) is 30.6 Å². The van der Waals surface area contributed by atoms with E-state index < -0.39 is 20.8 Å². The molecule has 0 fully saturated rings. The summed E-state index contributed by atoms with van der Waals surface area (Å²) < 4.78 is 67.9. The average molecular weight is 291 g/mol. The summed E-state index contributed by atoms with van der Waals surface area (Å²) in [6.45, 7) is 0. The van der Waals surface area contributed by atoms with Crippen LogP contribution in [0.4, 0.5) is 0 Å². The Labute approximate surface area is 140 Å². The van der Waals surface area contributed by atoms with Crippen molar-refractivity contribution in [3.8, 4) is 0 Å². The first-order valence-electron chi connectivity index (χ1n) is 1.67. The predicted octanol–water partition coefficient (Wildman–Crippen LogP) is -8.00. The molecule has 0 saturated heterocycles. The molecule has 0 spiro atoms. The molecule has 9 nitrogen and oxygen atoms in total. The zero-order valence-electron chi connectivity index (χ0n) is 6.91.